The molecule has 0 fully saturated rings. The summed E-state index contributed by atoms with van der Waals surface area (Å²) in [5.41, 5.74) is 7.92. The van der Waals surface area contributed by atoms with E-state index in [2.05, 4.69) is 39.2 Å². The van der Waals surface area contributed by atoms with Crippen molar-refractivity contribution in [2.45, 2.75) is 20.4 Å². The maximum Gasteiger partial charge on any atom is 0.270 e. The van der Waals surface area contributed by atoms with Gasteiger partial charge in [0, 0.05) is 23.0 Å². The Bertz CT molecular complexity index is 1530. The maximum atomic E-state index is 13.4. The van der Waals surface area contributed by atoms with Crippen LogP contribution in [-0.4, -0.2) is 38.9 Å². The van der Waals surface area contributed by atoms with Crippen molar-refractivity contribution in [2.24, 2.45) is 0 Å². The molecule has 0 spiro atoms. The zero-order chi connectivity index (χ0) is 22.5. The number of rotatable bonds is 2. The summed E-state index contributed by atoms with van der Waals surface area (Å²) in [6.07, 6.45) is 0. The summed E-state index contributed by atoms with van der Waals surface area (Å²) in [6.45, 7) is 5.51. The molecule has 6 nitrogen and oxygen atoms in total. The van der Waals surface area contributed by atoms with E-state index in [0.717, 1.165) is 55.8 Å². The van der Waals surface area contributed by atoms with E-state index >= 15 is 0 Å². The molecule has 5 aromatic rings. The molecule has 2 aromatic heterocycles. The van der Waals surface area contributed by atoms with Crippen molar-refractivity contribution in [3.8, 4) is 16.9 Å². The lowest BCUT2D eigenvalue weighted by molar-refractivity contribution is 0.0728. The highest BCUT2D eigenvalue weighted by atomic mass is 16.5. The van der Waals surface area contributed by atoms with Gasteiger partial charge in [0.1, 0.15) is 23.9 Å². The van der Waals surface area contributed by atoms with Gasteiger partial charge in [-0.25, -0.2) is 4.98 Å². The number of carbonyl (C=O) groups is 1. The molecule has 1 aliphatic rings. The predicted octanol–water partition coefficient (Wildman–Crippen LogP) is 5.36. The number of nitrogens with zero attached hydrogens (tertiary/aromatic N) is 2. The Morgan fingerprint density at radius 3 is 2.73 bits per heavy atom. The van der Waals surface area contributed by atoms with Crippen LogP contribution < -0.4 is 4.74 Å². The second kappa shape index (κ2) is 7.52. The van der Waals surface area contributed by atoms with E-state index in [-0.39, 0.29) is 5.91 Å². The fraction of sp³-hybridized carbons (Fsp3) is 0.185. The smallest absolute Gasteiger partial charge is 0.270 e. The highest BCUT2D eigenvalue weighted by molar-refractivity contribution is 5.98. The Kier molecular flexibility index (Phi) is 4.47. The first kappa shape index (κ1) is 19.6. The van der Waals surface area contributed by atoms with Gasteiger partial charge in [0.05, 0.1) is 17.6 Å². The molecular weight excluding hydrogens is 412 g/mol. The number of para-hydroxylation sites is 1. The Morgan fingerprint density at radius 1 is 1.00 bits per heavy atom. The molecule has 6 heteroatoms. The van der Waals surface area contributed by atoms with Crippen molar-refractivity contribution >= 4 is 27.8 Å². The summed E-state index contributed by atoms with van der Waals surface area (Å²) < 4.78 is 5.99. The maximum absolute atomic E-state index is 13.4. The number of ether oxygens (including phenoxy) is 1. The van der Waals surface area contributed by atoms with Crippen molar-refractivity contribution in [1.29, 1.82) is 0 Å². The van der Waals surface area contributed by atoms with E-state index < -0.39 is 0 Å². The average Bonchev–Trinajstić information content (AvgIpc) is 3.35. The number of aromatic nitrogens is 3. The number of nitrogens with one attached hydrogen (secondary N) is 2. The quantitative estimate of drug-likeness (QED) is 0.391. The highest BCUT2D eigenvalue weighted by Crippen LogP contribution is 2.31. The molecule has 1 amide bonds. The van der Waals surface area contributed by atoms with Crippen LogP contribution in [0.3, 0.4) is 0 Å². The van der Waals surface area contributed by atoms with Gasteiger partial charge in [0.25, 0.3) is 5.91 Å². The van der Waals surface area contributed by atoms with Crippen LogP contribution in [0.5, 0.6) is 5.75 Å². The summed E-state index contributed by atoms with van der Waals surface area (Å²) in [5, 5.41) is 1.05. The molecule has 0 unspecified atom stereocenters. The minimum Gasteiger partial charge on any atom is -0.491 e. The van der Waals surface area contributed by atoms with Crippen LogP contribution in [-0.2, 0) is 6.54 Å². The topological polar surface area (TPSA) is 74.0 Å². The van der Waals surface area contributed by atoms with Gasteiger partial charge < -0.3 is 19.6 Å². The first-order valence-corrected chi connectivity index (χ1v) is 11.2. The van der Waals surface area contributed by atoms with Crippen LogP contribution in [0.25, 0.3) is 33.1 Å². The standard InChI is InChI=1S/C27H24N4O2/c1-16-4-3-5-20-14-24(30-26(16)20)27(32)31-10-11-33-25-9-7-18(12-21(25)15-31)19-6-8-22-23(13-19)29-17(2)28-22/h3-9,12-14,30H,10-11,15H2,1-2H3,(H,28,29). The van der Waals surface area contributed by atoms with E-state index in [1.807, 2.05) is 55.1 Å². The zero-order valence-electron chi connectivity index (χ0n) is 18.6. The van der Waals surface area contributed by atoms with Crippen molar-refractivity contribution in [3.05, 3.63) is 83.3 Å². The number of hydrogen-bond donors (Lipinski definition) is 2. The zero-order valence-corrected chi connectivity index (χ0v) is 18.6. The minimum absolute atomic E-state index is 0.0122. The Balaban J connectivity index is 1.32. The highest BCUT2D eigenvalue weighted by Gasteiger charge is 2.23. The minimum atomic E-state index is -0.0122. The number of imidazole rings is 1. The fourth-order valence-corrected chi connectivity index (χ4v) is 4.66. The molecule has 2 N–H and O–H groups in total. The summed E-state index contributed by atoms with van der Waals surface area (Å²) in [4.78, 5) is 26.3. The van der Waals surface area contributed by atoms with Gasteiger partial charge in [-0.3, -0.25) is 4.79 Å². The molecule has 0 bridgehead atoms. The first-order valence-electron chi connectivity index (χ1n) is 11.2. The number of fused-ring (bicyclic) bond motifs is 3. The molecule has 164 valence electrons. The lowest BCUT2D eigenvalue weighted by atomic mass is 10.0. The van der Waals surface area contributed by atoms with E-state index in [1.165, 1.54) is 0 Å². The number of H-pyrrole nitrogens is 2. The molecule has 1 aliphatic heterocycles. The lowest BCUT2D eigenvalue weighted by Crippen LogP contribution is -2.32. The molecule has 33 heavy (non-hydrogen) atoms. The molecule has 3 aromatic carbocycles. The number of aromatic amines is 2. The molecule has 6 rings (SSSR count). The third-order valence-corrected chi connectivity index (χ3v) is 6.36. The van der Waals surface area contributed by atoms with Gasteiger partial charge in [-0.2, -0.15) is 0 Å². The Hall–Kier alpha value is -4.06. The molecule has 0 atom stereocenters. The Labute approximate surface area is 191 Å². The summed E-state index contributed by atoms with van der Waals surface area (Å²) in [7, 11) is 0. The van der Waals surface area contributed by atoms with Gasteiger partial charge in [-0.15, -0.1) is 0 Å². The predicted molar refractivity (Wildman–Crippen MR) is 130 cm³/mol. The van der Waals surface area contributed by atoms with Gasteiger partial charge >= 0.3 is 0 Å². The monoisotopic (exact) mass is 436 g/mol. The average molecular weight is 437 g/mol. The van der Waals surface area contributed by atoms with Gasteiger partial charge in [0.15, 0.2) is 0 Å². The van der Waals surface area contributed by atoms with Crippen LogP contribution in [0.15, 0.2) is 60.7 Å². The molecule has 0 radical (unpaired) electrons. The number of aryl methyl sites for hydroxylation is 2. The van der Waals surface area contributed by atoms with Crippen LogP contribution >= 0.6 is 0 Å². The third-order valence-electron chi connectivity index (χ3n) is 6.36. The summed E-state index contributed by atoms with van der Waals surface area (Å²) in [5.74, 6) is 1.72. The molecule has 3 heterocycles. The van der Waals surface area contributed by atoms with Crippen LogP contribution in [0.1, 0.15) is 27.4 Å². The normalized spacial score (nSPS) is 13.7. The number of hydrogen-bond acceptors (Lipinski definition) is 3. The van der Waals surface area contributed by atoms with Gasteiger partial charge in [0.2, 0.25) is 0 Å². The molecule has 0 saturated carbocycles. The Morgan fingerprint density at radius 2 is 1.85 bits per heavy atom. The van der Waals surface area contributed by atoms with Crippen LogP contribution in [0.4, 0.5) is 0 Å². The first-order chi connectivity index (χ1) is 16.0. The number of amides is 1. The molecule has 0 aliphatic carbocycles. The summed E-state index contributed by atoms with van der Waals surface area (Å²) in [6, 6.07) is 20.5. The lowest BCUT2D eigenvalue weighted by Gasteiger charge is -2.19. The fourth-order valence-electron chi connectivity index (χ4n) is 4.66. The number of benzene rings is 3. The van der Waals surface area contributed by atoms with Crippen molar-refractivity contribution in [3.63, 3.8) is 0 Å². The number of carbonyl (C=O) groups excluding carboxylic acids is 1. The van der Waals surface area contributed by atoms with E-state index in [1.54, 1.807) is 0 Å². The van der Waals surface area contributed by atoms with Crippen molar-refractivity contribution < 1.29 is 9.53 Å². The molecular formula is C27H24N4O2. The van der Waals surface area contributed by atoms with E-state index in [0.29, 0.717) is 25.4 Å². The third kappa shape index (κ3) is 3.44. The van der Waals surface area contributed by atoms with Crippen LogP contribution in [0.2, 0.25) is 0 Å². The molecule has 0 saturated heterocycles. The van der Waals surface area contributed by atoms with E-state index in [9.17, 15) is 4.79 Å². The van der Waals surface area contributed by atoms with E-state index in [4.69, 9.17) is 4.74 Å². The van der Waals surface area contributed by atoms with Gasteiger partial charge in [-0.1, -0.05) is 30.3 Å². The SMILES string of the molecule is Cc1nc2ccc(-c3ccc4c(c3)CN(C(=O)c3cc5cccc(C)c5[nH]3)CCO4)cc2[nH]1. The second-order valence-corrected chi connectivity index (χ2v) is 8.67. The van der Waals surface area contributed by atoms with Gasteiger partial charge in [-0.05, 0) is 60.9 Å². The van der Waals surface area contributed by atoms with Crippen molar-refractivity contribution in [2.75, 3.05) is 13.2 Å². The largest absolute Gasteiger partial charge is 0.491 e. The van der Waals surface area contributed by atoms with Crippen LogP contribution in [0, 0.1) is 13.8 Å². The summed E-state index contributed by atoms with van der Waals surface area (Å²) >= 11 is 0. The second-order valence-electron chi connectivity index (χ2n) is 8.67. The van der Waals surface area contributed by atoms with Crippen molar-refractivity contribution in [1.82, 2.24) is 19.9 Å².